The molecule has 0 saturated heterocycles. The standard InChI is InChI=1S/C9H11F3N2O4S2/c1-4-8(19-5(2)13-4)20(17,18)14-6(7(15)16)3-9(10,11)12/h6,14H,3H2,1-2H3,(H,15,16). The van der Waals surface area contributed by atoms with Crippen molar-refractivity contribution < 1.29 is 31.5 Å². The molecule has 114 valence electrons. The van der Waals surface area contributed by atoms with Gasteiger partial charge >= 0.3 is 12.1 Å². The van der Waals surface area contributed by atoms with Crippen molar-refractivity contribution in [2.75, 3.05) is 0 Å². The van der Waals surface area contributed by atoms with Crippen LogP contribution in [0.4, 0.5) is 13.2 Å². The van der Waals surface area contributed by atoms with Crippen LogP contribution in [0.25, 0.3) is 0 Å². The van der Waals surface area contributed by atoms with Crippen molar-refractivity contribution in [3.05, 3.63) is 10.7 Å². The Morgan fingerprint density at radius 3 is 2.35 bits per heavy atom. The molecule has 1 aromatic heterocycles. The third-order valence-corrected chi connectivity index (χ3v) is 5.29. The van der Waals surface area contributed by atoms with Crippen molar-refractivity contribution in [3.8, 4) is 0 Å². The number of hydrogen-bond acceptors (Lipinski definition) is 5. The number of aromatic nitrogens is 1. The summed E-state index contributed by atoms with van der Waals surface area (Å²) in [4.78, 5) is 14.6. The highest BCUT2D eigenvalue weighted by atomic mass is 32.2. The number of carboxylic acids is 1. The van der Waals surface area contributed by atoms with Gasteiger partial charge < -0.3 is 5.11 Å². The zero-order valence-electron chi connectivity index (χ0n) is 10.4. The molecule has 0 saturated carbocycles. The maximum Gasteiger partial charge on any atom is 0.391 e. The van der Waals surface area contributed by atoms with Gasteiger partial charge in [0.15, 0.2) is 4.21 Å². The van der Waals surface area contributed by atoms with Crippen LogP contribution in [0.1, 0.15) is 17.1 Å². The molecule has 0 aliphatic heterocycles. The van der Waals surface area contributed by atoms with Gasteiger partial charge in [0.2, 0.25) is 0 Å². The summed E-state index contributed by atoms with van der Waals surface area (Å²) in [6.07, 6.45) is -6.59. The predicted octanol–water partition coefficient (Wildman–Crippen LogP) is 1.44. The van der Waals surface area contributed by atoms with E-state index in [9.17, 15) is 26.4 Å². The van der Waals surface area contributed by atoms with Gasteiger partial charge in [-0.3, -0.25) is 4.79 Å². The Kier molecular flexibility index (Phi) is 4.77. The summed E-state index contributed by atoms with van der Waals surface area (Å²) in [7, 11) is -4.36. The quantitative estimate of drug-likeness (QED) is 0.850. The molecule has 1 rings (SSSR count). The lowest BCUT2D eigenvalue weighted by atomic mass is 10.2. The number of carbonyl (C=O) groups is 1. The summed E-state index contributed by atoms with van der Waals surface area (Å²) in [5.74, 6) is -1.90. The molecule has 1 aromatic rings. The number of sulfonamides is 1. The second-order valence-corrected chi connectivity index (χ2v) is 7.05. The van der Waals surface area contributed by atoms with E-state index < -0.39 is 34.6 Å². The van der Waals surface area contributed by atoms with Crippen LogP contribution in [0, 0.1) is 13.8 Å². The monoisotopic (exact) mass is 332 g/mol. The summed E-state index contributed by atoms with van der Waals surface area (Å²) in [5.41, 5.74) is 0.108. The van der Waals surface area contributed by atoms with E-state index in [1.807, 2.05) is 0 Å². The van der Waals surface area contributed by atoms with Gasteiger partial charge in [-0.2, -0.15) is 17.9 Å². The Balaban J connectivity index is 3.04. The molecular formula is C9H11F3N2O4S2. The number of halogens is 3. The fourth-order valence-corrected chi connectivity index (χ4v) is 4.10. The van der Waals surface area contributed by atoms with Crippen molar-refractivity contribution >= 4 is 27.3 Å². The minimum atomic E-state index is -4.80. The molecule has 0 bridgehead atoms. The van der Waals surface area contributed by atoms with Crippen molar-refractivity contribution in [2.24, 2.45) is 0 Å². The number of hydrogen-bond donors (Lipinski definition) is 2. The lowest BCUT2D eigenvalue weighted by molar-refractivity contribution is -0.157. The summed E-state index contributed by atoms with van der Waals surface area (Å²) in [6.45, 7) is 2.90. The normalized spacial score (nSPS) is 14.2. The van der Waals surface area contributed by atoms with E-state index in [4.69, 9.17) is 5.11 Å². The molecule has 0 amide bonds. The minimum absolute atomic E-state index is 0.108. The lowest BCUT2D eigenvalue weighted by Crippen LogP contribution is -2.43. The second-order valence-electron chi connectivity index (χ2n) is 3.94. The van der Waals surface area contributed by atoms with E-state index in [1.54, 1.807) is 4.72 Å². The minimum Gasteiger partial charge on any atom is -0.480 e. The third kappa shape index (κ3) is 4.42. The maximum atomic E-state index is 12.2. The summed E-state index contributed by atoms with van der Waals surface area (Å²) >= 11 is 0.757. The summed E-state index contributed by atoms with van der Waals surface area (Å²) in [5, 5.41) is 9.09. The Morgan fingerprint density at radius 1 is 1.45 bits per heavy atom. The number of aryl methyl sites for hydroxylation is 2. The van der Waals surface area contributed by atoms with Crippen LogP contribution in [0.2, 0.25) is 0 Å². The number of nitrogens with zero attached hydrogens (tertiary/aromatic N) is 1. The Hall–Kier alpha value is -1.20. The van der Waals surface area contributed by atoms with Crippen LogP contribution in [0.3, 0.4) is 0 Å². The largest absolute Gasteiger partial charge is 0.480 e. The van der Waals surface area contributed by atoms with E-state index in [-0.39, 0.29) is 9.90 Å². The molecule has 1 atom stereocenters. The smallest absolute Gasteiger partial charge is 0.391 e. The fraction of sp³-hybridized carbons (Fsp3) is 0.556. The highest BCUT2D eigenvalue weighted by Gasteiger charge is 2.38. The number of aliphatic carboxylic acids is 1. The zero-order valence-corrected chi connectivity index (χ0v) is 12.0. The predicted molar refractivity (Wildman–Crippen MR) is 64.0 cm³/mol. The second kappa shape index (κ2) is 5.66. The number of carboxylic acid groups (broad SMARTS) is 1. The van der Waals surface area contributed by atoms with Crippen molar-refractivity contribution in [1.29, 1.82) is 0 Å². The SMILES string of the molecule is Cc1nc(C)c(S(=O)(=O)NC(CC(F)(F)F)C(=O)O)s1. The Bertz CT molecular complexity index is 609. The lowest BCUT2D eigenvalue weighted by Gasteiger charge is -2.15. The number of thiazole rings is 1. The van der Waals surface area contributed by atoms with E-state index >= 15 is 0 Å². The molecule has 11 heteroatoms. The molecular weight excluding hydrogens is 321 g/mol. The van der Waals surface area contributed by atoms with Gasteiger partial charge in [0, 0.05) is 0 Å². The molecule has 0 aromatic carbocycles. The molecule has 0 spiro atoms. The summed E-state index contributed by atoms with van der Waals surface area (Å²) < 4.78 is 61.7. The highest BCUT2D eigenvalue weighted by Crippen LogP contribution is 2.25. The van der Waals surface area contributed by atoms with Gasteiger partial charge in [0.05, 0.1) is 17.1 Å². The number of alkyl halides is 3. The van der Waals surface area contributed by atoms with Crippen LogP contribution in [0.5, 0.6) is 0 Å². The van der Waals surface area contributed by atoms with E-state index in [0.29, 0.717) is 5.01 Å². The van der Waals surface area contributed by atoms with E-state index in [0.717, 1.165) is 11.3 Å². The average Bonchev–Trinajstić information content (AvgIpc) is 2.55. The van der Waals surface area contributed by atoms with E-state index in [2.05, 4.69) is 4.98 Å². The molecule has 1 heterocycles. The average molecular weight is 332 g/mol. The zero-order chi connectivity index (χ0) is 15.7. The van der Waals surface area contributed by atoms with Crippen molar-refractivity contribution in [3.63, 3.8) is 0 Å². The van der Waals surface area contributed by atoms with E-state index in [1.165, 1.54) is 13.8 Å². The first-order valence-electron chi connectivity index (χ1n) is 5.18. The molecule has 2 N–H and O–H groups in total. The molecule has 0 aliphatic carbocycles. The highest BCUT2D eigenvalue weighted by molar-refractivity contribution is 7.91. The van der Waals surface area contributed by atoms with Gasteiger partial charge in [0.25, 0.3) is 10.0 Å². The van der Waals surface area contributed by atoms with Gasteiger partial charge in [-0.05, 0) is 13.8 Å². The summed E-state index contributed by atoms with van der Waals surface area (Å²) in [6, 6.07) is -2.28. The first kappa shape index (κ1) is 16.9. The third-order valence-electron chi connectivity index (χ3n) is 2.14. The molecule has 1 unspecified atom stereocenters. The Morgan fingerprint density at radius 2 is 2.00 bits per heavy atom. The van der Waals surface area contributed by atoms with Crippen LogP contribution >= 0.6 is 11.3 Å². The van der Waals surface area contributed by atoms with Crippen molar-refractivity contribution in [1.82, 2.24) is 9.71 Å². The van der Waals surface area contributed by atoms with Gasteiger partial charge in [-0.1, -0.05) is 0 Å². The first-order valence-corrected chi connectivity index (χ1v) is 7.48. The van der Waals surface area contributed by atoms with Crippen LogP contribution < -0.4 is 4.72 Å². The topological polar surface area (TPSA) is 96.4 Å². The molecule has 0 radical (unpaired) electrons. The molecule has 6 nitrogen and oxygen atoms in total. The fourth-order valence-electron chi connectivity index (χ4n) is 1.41. The van der Waals surface area contributed by atoms with Gasteiger partial charge in [-0.15, -0.1) is 11.3 Å². The van der Waals surface area contributed by atoms with Crippen LogP contribution in [-0.4, -0.2) is 36.7 Å². The number of nitrogens with one attached hydrogen (secondary N) is 1. The molecule has 0 fully saturated rings. The Labute approximate surface area is 116 Å². The van der Waals surface area contributed by atoms with Crippen LogP contribution in [0.15, 0.2) is 4.21 Å². The molecule has 20 heavy (non-hydrogen) atoms. The van der Waals surface area contributed by atoms with Gasteiger partial charge in [-0.25, -0.2) is 13.4 Å². The maximum absolute atomic E-state index is 12.2. The van der Waals surface area contributed by atoms with Crippen molar-refractivity contribution in [2.45, 2.75) is 36.7 Å². The first-order chi connectivity index (χ1) is 8.92. The number of rotatable bonds is 5. The van der Waals surface area contributed by atoms with Crippen LogP contribution in [-0.2, 0) is 14.8 Å². The molecule has 0 aliphatic rings. The van der Waals surface area contributed by atoms with Gasteiger partial charge in [0.1, 0.15) is 6.04 Å².